The number of halogens is 2. The predicted octanol–water partition coefficient (Wildman–Crippen LogP) is 4.51. The van der Waals surface area contributed by atoms with Crippen molar-refractivity contribution in [3.63, 3.8) is 0 Å². The van der Waals surface area contributed by atoms with E-state index >= 15 is 0 Å². The summed E-state index contributed by atoms with van der Waals surface area (Å²) in [6, 6.07) is 12.9. The average Bonchev–Trinajstić information content (AvgIpc) is 2.38. The lowest BCUT2D eigenvalue weighted by Gasteiger charge is -2.22. The van der Waals surface area contributed by atoms with Crippen LogP contribution in [-0.2, 0) is 12.4 Å². The van der Waals surface area contributed by atoms with Crippen molar-refractivity contribution in [2.45, 2.75) is 19.3 Å². The number of hydrogen-bond donors (Lipinski definition) is 0. The second-order valence-corrected chi connectivity index (χ2v) is 5.02. The molecule has 0 aliphatic heterocycles. The van der Waals surface area contributed by atoms with Gasteiger partial charge in [0.05, 0.1) is 0 Å². The first-order valence-electron chi connectivity index (χ1n) is 6.21. The average molecular weight is 278 g/mol. The van der Waals surface area contributed by atoms with Gasteiger partial charge in [-0.2, -0.15) is 0 Å². The molecule has 0 amide bonds. The van der Waals surface area contributed by atoms with Gasteiger partial charge in [0.25, 0.3) is 0 Å². The molecule has 100 valence electrons. The molecule has 0 N–H and O–H groups in total. The Bertz CT molecular complexity index is 568. The number of anilines is 1. The molecule has 2 aromatic carbocycles. The van der Waals surface area contributed by atoms with Crippen LogP contribution in [-0.4, -0.2) is 7.05 Å². The molecule has 1 nitrogen and oxygen atoms in total. The first-order chi connectivity index (χ1) is 9.10. The molecule has 2 aromatic rings. The largest absolute Gasteiger partial charge is 0.370 e. The molecular weight excluding hydrogens is 261 g/mol. The molecular formula is C16H17ClFN. The van der Waals surface area contributed by atoms with Gasteiger partial charge in [0, 0.05) is 25.2 Å². The highest BCUT2D eigenvalue weighted by molar-refractivity contribution is 6.17. The quantitative estimate of drug-likeness (QED) is 0.743. The second-order valence-electron chi connectivity index (χ2n) is 4.75. The van der Waals surface area contributed by atoms with E-state index in [2.05, 4.69) is 23.1 Å². The summed E-state index contributed by atoms with van der Waals surface area (Å²) in [5.41, 5.74) is 4.33. The van der Waals surface area contributed by atoms with Crippen molar-refractivity contribution in [1.29, 1.82) is 0 Å². The van der Waals surface area contributed by atoms with Gasteiger partial charge >= 0.3 is 0 Å². The lowest BCUT2D eigenvalue weighted by Crippen LogP contribution is -2.18. The summed E-state index contributed by atoms with van der Waals surface area (Å²) in [6.45, 7) is 2.71. The zero-order chi connectivity index (χ0) is 13.8. The van der Waals surface area contributed by atoms with E-state index < -0.39 is 0 Å². The van der Waals surface area contributed by atoms with E-state index in [-0.39, 0.29) is 5.82 Å². The molecule has 0 unspecified atom stereocenters. The third-order valence-corrected chi connectivity index (χ3v) is 3.39. The van der Waals surface area contributed by atoms with Gasteiger partial charge in [0.15, 0.2) is 0 Å². The van der Waals surface area contributed by atoms with E-state index in [1.54, 1.807) is 12.1 Å². The summed E-state index contributed by atoms with van der Waals surface area (Å²) in [7, 11) is 1.99. The van der Waals surface area contributed by atoms with Crippen molar-refractivity contribution in [2.75, 3.05) is 11.9 Å². The fourth-order valence-electron chi connectivity index (χ4n) is 2.19. The van der Waals surface area contributed by atoms with Crippen LogP contribution in [0, 0.1) is 12.7 Å². The molecule has 0 aromatic heterocycles. The Balaban J connectivity index is 2.22. The fraction of sp³-hybridized carbons (Fsp3) is 0.250. The molecule has 0 aliphatic carbocycles. The third kappa shape index (κ3) is 3.48. The van der Waals surface area contributed by atoms with Gasteiger partial charge < -0.3 is 4.90 Å². The van der Waals surface area contributed by atoms with Gasteiger partial charge in [-0.15, -0.1) is 11.6 Å². The standard InChI is InChI=1S/C16H17ClFN/c1-12-6-7-16(14(8-12)10-17)19(2)11-13-4-3-5-15(18)9-13/h3-9H,10-11H2,1-2H3. The number of nitrogens with zero attached hydrogens (tertiary/aromatic N) is 1. The predicted molar refractivity (Wildman–Crippen MR) is 79.2 cm³/mol. The molecule has 0 atom stereocenters. The maximum Gasteiger partial charge on any atom is 0.123 e. The summed E-state index contributed by atoms with van der Waals surface area (Å²) in [5.74, 6) is 0.275. The van der Waals surface area contributed by atoms with E-state index in [1.807, 2.05) is 20.0 Å². The zero-order valence-corrected chi connectivity index (χ0v) is 11.9. The van der Waals surface area contributed by atoms with Gasteiger partial charge in [-0.1, -0.05) is 29.8 Å². The van der Waals surface area contributed by atoms with Gasteiger partial charge in [0.2, 0.25) is 0 Å². The van der Waals surface area contributed by atoms with Gasteiger partial charge in [-0.3, -0.25) is 0 Å². The first-order valence-corrected chi connectivity index (χ1v) is 6.74. The molecule has 2 rings (SSSR count). The van der Waals surface area contributed by atoms with Crippen molar-refractivity contribution < 1.29 is 4.39 Å². The van der Waals surface area contributed by atoms with Crippen molar-refractivity contribution in [1.82, 2.24) is 0 Å². The van der Waals surface area contributed by atoms with Crippen LogP contribution >= 0.6 is 11.6 Å². The number of aryl methyl sites for hydroxylation is 1. The summed E-state index contributed by atoms with van der Waals surface area (Å²) in [5, 5.41) is 0. The number of alkyl halides is 1. The Morgan fingerprint density at radius 2 is 1.95 bits per heavy atom. The van der Waals surface area contributed by atoms with E-state index in [0.29, 0.717) is 12.4 Å². The monoisotopic (exact) mass is 277 g/mol. The molecule has 3 heteroatoms. The minimum atomic E-state index is -0.202. The maximum atomic E-state index is 13.2. The molecule has 0 spiro atoms. The zero-order valence-electron chi connectivity index (χ0n) is 11.2. The normalized spacial score (nSPS) is 10.5. The van der Waals surface area contributed by atoms with Gasteiger partial charge in [-0.25, -0.2) is 4.39 Å². The summed E-state index contributed by atoms with van der Waals surface area (Å²) in [4.78, 5) is 2.09. The minimum absolute atomic E-state index is 0.202. The highest BCUT2D eigenvalue weighted by Crippen LogP contribution is 2.24. The SMILES string of the molecule is Cc1ccc(N(C)Cc2cccc(F)c2)c(CCl)c1. The molecule has 0 heterocycles. The summed E-state index contributed by atoms with van der Waals surface area (Å²) in [6.07, 6.45) is 0. The Kier molecular flexibility index (Phi) is 4.43. The van der Waals surface area contributed by atoms with Crippen molar-refractivity contribution >= 4 is 17.3 Å². The van der Waals surface area contributed by atoms with Crippen LogP contribution in [0.5, 0.6) is 0 Å². The third-order valence-electron chi connectivity index (χ3n) is 3.10. The molecule has 0 bridgehead atoms. The molecule has 0 aliphatic rings. The molecule has 0 saturated carbocycles. The Morgan fingerprint density at radius 1 is 1.16 bits per heavy atom. The van der Waals surface area contributed by atoms with Crippen LogP contribution in [0.3, 0.4) is 0 Å². The van der Waals surface area contributed by atoms with Crippen molar-refractivity contribution in [3.8, 4) is 0 Å². The molecule has 19 heavy (non-hydrogen) atoms. The van der Waals surface area contributed by atoms with Crippen LogP contribution in [0.2, 0.25) is 0 Å². The van der Waals surface area contributed by atoms with Gasteiger partial charge in [-0.05, 0) is 36.2 Å². The van der Waals surface area contributed by atoms with Crippen LogP contribution in [0.15, 0.2) is 42.5 Å². The number of rotatable bonds is 4. The Hall–Kier alpha value is -1.54. The molecule has 0 radical (unpaired) electrons. The highest BCUT2D eigenvalue weighted by Gasteiger charge is 2.08. The van der Waals surface area contributed by atoms with E-state index in [0.717, 1.165) is 16.8 Å². The lowest BCUT2D eigenvalue weighted by atomic mass is 10.1. The summed E-state index contributed by atoms with van der Waals surface area (Å²) >= 11 is 5.99. The van der Waals surface area contributed by atoms with Crippen LogP contribution in [0.25, 0.3) is 0 Å². The van der Waals surface area contributed by atoms with Crippen LogP contribution in [0.4, 0.5) is 10.1 Å². The van der Waals surface area contributed by atoms with Crippen LogP contribution < -0.4 is 4.90 Å². The Labute approximate surface area is 118 Å². The van der Waals surface area contributed by atoms with E-state index in [9.17, 15) is 4.39 Å². The number of hydrogen-bond acceptors (Lipinski definition) is 1. The second kappa shape index (κ2) is 6.07. The lowest BCUT2D eigenvalue weighted by molar-refractivity contribution is 0.625. The smallest absolute Gasteiger partial charge is 0.123 e. The molecule has 0 fully saturated rings. The molecule has 0 saturated heterocycles. The topological polar surface area (TPSA) is 3.24 Å². The first kappa shape index (κ1) is 13.9. The van der Waals surface area contributed by atoms with Crippen molar-refractivity contribution in [2.24, 2.45) is 0 Å². The number of benzene rings is 2. The highest BCUT2D eigenvalue weighted by atomic mass is 35.5. The van der Waals surface area contributed by atoms with Crippen molar-refractivity contribution in [3.05, 3.63) is 65.0 Å². The minimum Gasteiger partial charge on any atom is -0.370 e. The fourth-order valence-corrected chi connectivity index (χ4v) is 2.40. The summed E-state index contributed by atoms with van der Waals surface area (Å²) < 4.78 is 13.2. The van der Waals surface area contributed by atoms with E-state index in [4.69, 9.17) is 11.6 Å². The van der Waals surface area contributed by atoms with Gasteiger partial charge in [0.1, 0.15) is 5.82 Å². The van der Waals surface area contributed by atoms with Crippen LogP contribution in [0.1, 0.15) is 16.7 Å². The maximum absolute atomic E-state index is 13.2. The Morgan fingerprint density at radius 3 is 2.63 bits per heavy atom. The van der Waals surface area contributed by atoms with E-state index in [1.165, 1.54) is 11.6 Å².